The van der Waals surface area contributed by atoms with Crippen LogP contribution in [0.25, 0.3) is 5.69 Å². The van der Waals surface area contributed by atoms with Crippen LogP contribution in [0.3, 0.4) is 0 Å². The van der Waals surface area contributed by atoms with Crippen molar-refractivity contribution in [2.45, 2.75) is 6.54 Å². The molecule has 0 aliphatic rings. The number of amides is 1. The van der Waals surface area contributed by atoms with Gasteiger partial charge in [0.1, 0.15) is 0 Å². The molecular weight excluding hydrogens is 406 g/mol. The first-order chi connectivity index (χ1) is 12.1. The lowest BCUT2D eigenvalue weighted by atomic mass is 10.2. The highest BCUT2D eigenvalue weighted by Gasteiger charge is 2.18. The van der Waals surface area contributed by atoms with Crippen LogP contribution < -0.4 is 10.1 Å². The summed E-state index contributed by atoms with van der Waals surface area (Å²) in [6.45, 7) is 0.298. The molecule has 0 saturated carbocycles. The molecule has 3 rings (SSSR count). The quantitative estimate of drug-likeness (QED) is 0.672. The van der Waals surface area contributed by atoms with Crippen LogP contribution in [0.4, 0.5) is 0 Å². The molecule has 25 heavy (non-hydrogen) atoms. The second-order valence-electron chi connectivity index (χ2n) is 5.24. The van der Waals surface area contributed by atoms with Crippen molar-refractivity contribution in [3.05, 3.63) is 75.5 Å². The summed E-state index contributed by atoms with van der Waals surface area (Å²) in [4.78, 5) is 12.5. The van der Waals surface area contributed by atoms with Gasteiger partial charge in [0.05, 0.1) is 19.0 Å². The number of aromatic nitrogens is 2. The topological polar surface area (TPSA) is 56.2 Å². The van der Waals surface area contributed by atoms with Gasteiger partial charge in [0.15, 0.2) is 11.4 Å². The lowest BCUT2D eigenvalue weighted by molar-refractivity contribution is 0.0942. The zero-order valence-corrected chi connectivity index (χ0v) is 15.7. The van der Waals surface area contributed by atoms with E-state index in [9.17, 15) is 4.79 Å². The monoisotopic (exact) mass is 419 g/mol. The number of carbonyl (C=O) groups is 1. The Balaban J connectivity index is 1.78. The Morgan fingerprint density at radius 3 is 2.72 bits per heavy atom. The highest BCUT2D eigenvalue weighted by molar-refractivity contribution is 9.10. The Bertz CT molecular complexity index is 897. The Kier molecular flexibility index (Phi) is 5.40. The zero-order valence-electron chi connectivity index (χ0n) is 13.4. The molecule has 1 N–H and O–H groups in total. The van der Waals surface area contributed by atoms with Crippen LogP contribution in [-0.4, -0.2) is 22.8 Å². The van der Waals surface area contributed by atoms with E-state index in [4.69, 9.17) is 16.3 Å². The van der Waals surface area contributed by atoms with Crippen molar-refractivity contribution in [3.63, 3.8) is 0 Å². The highest BCUT2D eigenvalue weighted by Crippen LogP contribution is 2.22. The number of para-hydroxylation sites is 1. The van der Waals surface area contributed by atoms with Gasteiger partial charge < -0.3 is 10.1 Å². The minimum absolute atomic E-state index is 0.222. The number of benzene rings is 2. The number of rotatable bonds is 5. The first-order valence-electron chi connectivity index (χ1n) is 7.49. The molecule has 0 fully saturated rings. The lowest BCUT2D eigenvalue weighted by Gasteiger charge is -2.07. The van der Waals surface area contributed by atoms with Crippen LogP contribution in [0.5, 0.6) is 5.75 Å². The van der Waals surface area contributed by atoms with Gasteiger partial charge in [0, 0.05) is 16.0 Å². The number of ether oxygens (including phenoxy) is 1. The standard InChI is InChI=1S/C18H15BrClN3O2/c1-25-16-11-23(14-5-3-2-4-6-14)22-17(16)18(24)21-10-12-7-8-13(19)9-15(12)20/h2-9,11H,10H2,1H3,(H,21,24). The van der Waals surface area contributed by atoms with Gasteiger partial charge in [-0.1, -0.05) is 51.8 Å². The van der Waals surface area contributed by atoms with E-state index in [1.165, 1.54) is 7.11 Å². The van der Waals surface area contributed by atoms with Crippen molar-refractivity contribution in [1.29, 1.82) is 0 Å². The Labute approximate surface area is 158 Å². The first-order valence-corrected chi connectivity index (χ1v) is 8.67. The number of hydrogen-bond acceptors (Lipinski definition) is 3. The van der Waals surface area contributed by atoms with E-state index in [1.54, 1.807) is 16.9 Å². The van der Waals surface area contributed by atoms with Crippen molar-refractivity contribution in [1.82, 2.24) is 15.1 Å². The predicted molar refractivity (Wildman–Crippen MR) is 100 cm³/mol. The average Bonchev–Trinajstić information content (AvgIpc) is 3.06. The van der Waals surface area contributed by atoms with E-state index in [-0.39, 0.29) is 11.6 Å². The fraction of sp³-hybridized carbons (Fsp3) is 0.111. The SMILES string of the molecule is COc1cn(-c2ccccc2)nc1C(=O)NCc1ccc(Br)cc1Cl. The third-order valence-corrected chi connectivity index (χ3v) is 4.44. The van der Waals surface area contributed by atoms with Crippen molar-refractivity contribution in [2.24, 2.45) is 0 Å². The fourth-order valence-corrected chi connectivity index (χ4v) is 3.04. The molecule has 3 aromatic rings. The molecule has 0 aliphatic carbocycles. The minimum atomic E-state index is -0.328. The maximum atomic E-state index is 12.5. The van der Waals surface area contributed by atoms with E-state index in [0.717, 1.165) is 15.7 Å². The van der Waals surface area contributed by atoms with Crippen molar-refractivity contribution < 1.29 is 9.53 Å². The molecule has 0 spiro atoms. The Morgan fingerprint density at radius 1 is 1.28 bits per heavy atom. The second kappa shape index (κ2) is 7.72. The molecule has 1 heterocycles. The summed E-state index contributed by atoms with van der Waals surface area (Å²) in [5, 5.41) is 7.74. The molecule has 128 valence electrons. The van der Waals surface area contributed by atoms with E-state index >= 15 is 0 Å². The summed E-state index contributed by atoms with van der Waals surface area (Å²) in [5.74, 6) is 0.0776. The number of nitrogens with one attached hydrogen (secondary N) is 1. The Morgan fingerprint density at radius 2 is 2.04 bits per heavy atom. The summed E-state index contributed by atoms with van der Waals surface area (Å²) in [7, 11) is 1.51. The molecule has 5 nitrogen and oxygen atoms in total. The van der Waals surface area contributed by atoms with Crippen LogP contribution in [0.1, 0.15) is 16.1 Å². The molecule has 0 atom stereocenters. The van der Waals surface area contributed by atoms with E-state index < -0.39 is 0 Å². The molecule has 0 aliphatic heterocycles. The average molecular weight is 421 g/mol. The van der Waals surface area contributed by atoms with E-state index in [0.29, 0.717) is 17.3 Å². The Hall–Kier alpha value is -2.31. The molecule has 2 aromatic carbocycles. The highest BCUT2D eigenvalue weighted by atomic mass is 79.9. The molecule has 0 bridgehead atoms. The van der Waals surface area contributed by atoms with Gasteiger partial charge in [-0.05, 0) is 29.8 Å². The predicted octanol–water partition coefficient (Wildman–Crippen LogP) is 4.23. The minimum Gasteiger partial charge on any atom is -0.493 e. The van der Waals surface area contributed by atoms with Crippen LogP contribution in [-0.2, 0) is 6.54 Å². The smallest absolute Gasteiger partial charge is 0.275 e. The largest absolute Gasteiger partial charge is 0.493 e. The van der Waals surface area contributed by atoms with Crippen LogP contribution in [0, 0.1) is 0 Å². The number of nitrogens with zero attached hydrogens (tertiary/aromatic N) is 2. The number of halogens is 2. The van der Waals surface area contributed by atoms with Crippen LogP contribution in [0.15, 0.2) is 59.2 Å². The number of carbonyl (C=O) groups excluding carboxylic acids is 1. The van der Waals surface area contributed by atoms with Crippen LogP contribution >= 0.6 is 27.5 Å². The summed E-state index contributed by atoms with van der Waals surface area (Å²) in [6.07, 6.45) is 1.68. The van der Waals surface area contributed by atoms with Gasteiger partial charge in [-0.25, -0.2) is 4.68 Å². The third kappa shape index (κ3) is 4.03. The molecule has 7 heteroatoms. The molecule has 0 saturated heterocycles. The van der Waals surface area contributed by atoms with Gasteiger partial charge in [-0.2, -0.15) is 5.10 Å². The van der Waals surface area contributed by atoms with E-state index in [2.05, 4.69) is 26.3 Å². The summed E-state index contributed by atoms with van der Waals surface area (Å²) >= 11 is 9.53. The maximum Gasteiger partial charge on any atom is 0.275 e. The second-order valence-corrected chi connectivity index (χ2v) is 6.57. The third-order valence-electron chi connectivity index (χ3n) is 3.59. The van der Waals surface area contributed by atoms with Crippen molar-refractivity contribution in [2.75, 3.05) is 7.11 Å². The zero-order chi connectivity index (χ0) is 17.8. The molecule has 1 aromatic heterocycles. The fourth-order valence-electron chi connectivity index (χ4n) is 2.30. The summed E-state index contributed by atoms with van der Waals surface area (Å²) in [6, 6.07) is 15.0. The molecule has 0 unspecified atom stereocenters. The first kappa shape index (κ1) is 17.5. The summed E-state index contributed by atoms with van der Waals surface area (Å²) in [5.41, 5.74) is 1.88. The lowest BCUT2D eigenvalue weighted by Crippen LogP contribution is -2.24. The summed E-state index contributed by atoms with van der Waals surface area (Å²) < 4.78 is 7.78. The van der Waals surface area contributed by atoms with Gasteiger partial charge in [-0.15, -0.1) is 0 Å². The van der Waals surface area contributed by atoms with Crippen molar-refractivity contribution in [3.8, 4) is 11.4 Å². The number of hydrogen-bond donors (Lipinski definition) is 1. The van der Waals surface area contributed by atoms with Crippen LogP contribution in [0.2, 0.25) is 5.02 Å². The van der Waals surface area contributed by atoms with Gasteiger partial charge in [0.25, 0.3) is 5.91 Å². The van der Waals surface area contributed by atoms with Gasteiger partial charge in [-0.3, -0.25) is 4.79 Å². The maximum absolute atomic E-state index is 12.5. The molecule has 1 amide bonds. The number of methoxy groups -OCH3 is 1. The molecule has 0 radical (unpaired) electrons. The van der Waals surface area contributed by atoms with Gasteiger partial charge >= 0.3 is 0 Å². The van der Waals surface area contributed by atoms with Gasteiger partial charge in [0.2, 0.25) is 0 Å². The van der Waals surface area contributed by atoms with Crippen molar-refractivity contribution >= 4 is 33.4 Å². The molecular formula is C18H15BrClN3O2. The normalized spacial score (nSPS) is 10.5. The van der Waals surface area contributed by atoms with E-state index in [1.807, 2.05) is 42.5 Å².